The van der Waals surface area contributed by atoms with Crippen LogP contribution in [0.25, 0.3) is 28.2 Å². The number of aryl methyl sites for hydroxylation is 1. The van der Waals surface area contributed by atoms with Crippen LogP contribution in [0, 0.1) is 6.92 Å². The number of hydrogen-bond acceptors (Lipinski definition) is 3. The highest BCUT2D eigenvalue weighted by molar-refractivity contribution is 5.80. The summed E-state index contributed by atoms with van der Waals surface area (Å²) in [4.78, 5) is 13.2. The molecule has 0 aliphatic rings. The number of benzene rings is 1. The van der Waals surface area contributed by atoms with E-state index in [0.717, 1.165) is 22.4 Å². The molecule has 106 valence electrons. The minimum Gasteiger partial charge on any atom is -0.291 e. The Morgan fingerprint density at radius 2 is 1.86 bits per heavy atom. The third-order valence-electron chi connectivity index (χ3n) is 3.66. The van der Waals surface area contributed by atoms with Crippen LogP contribution in [0.15, 0.2) is 67.4 Å². The summed E-state index contributed by atoms with van der Waals surface area (Å²) in [6, 6.07) is 12.4. The second kappa shape index (κ2) is 5.07. The number of nitrogens with zero attached hydrogens (tertiary/aromatic N) is 4. The zero-order chi connectivity index (χ0) is 14.9. The molecule has 3 heterocycles. The number of pyridine rings is 1. The van der Waals surface area contributed by atoms with Gasteiger partial charge in [-0.2, -0.15) is 0 Å². The van der Waals surface area contributed by atoms with Crippen molar-refractivity contribution in [3.05, 3.63) is 72.9 Å². The highest BCUT2D eigenvalue weighted by Crippen LogP contribution is 2.30. The van der Waals surface area contributed by atoms with Crippen LogP contribution in [0.5, 0.6) is 0 Å². The Hall–Kier alpha value is -3.01. The smallest absolute Gasteiger partial charge is 0.233 e. The Balaban J connectivity index is 1.92. The molecule has 0 bridgehead atoms. The normalized spacial score (nSPS) is 11.0. The van der Waals surface area contributed by atoms with Gasteiger partial charge in [-0.25, -0.2) is 9.97 Å². The molecule has 0 unspecified atom stereocenters. The van der Waals surface area contributed by atoms with Crippen LogP contribution >= 0.6 is 0 Å². The van der Waals surface area contributed by atoms with Gasteiger partial charge in [-0.1, -0.05) is 29.8 Å². The van der Waals surface area contributed by atoms with E-state index in [2.05, 4.69) is 52.2 Å². The van der Waals surface area contributed by atoms with Crippen LogP contribution in [-0.4, -0.2) is 19.4 Å². The number of imidazole rings is 1. The van der Waals surface area contributed by atoms with Gasteiger partial charge in [-0.05, 0) is 19.1 Å². The first-order chi connectivity index (χ1) is 10.8. The molecule has 4 nitrogen and oxygen atoms in total. The second-order valence-corrected chi connectivity index (χ2v) is 5.25. The topological polar surface area (TPSA) is 43.1 Å². The van der Waals surface area contributed by atoms with Gasteiger partial charge in [0.05, 0.1) is 5.69 Å². The standard InChI is InChI=1S/C18H14N4/c1-13-4-2-5-14(10-13)17-16(6-3-7-19-17)15-11-21-18-20-8-9-22(18)12-15/h2-12H,1H3. The Kier molecular flexibility index (Phi) is 2.93. The van der Waals surface area contributed by atoms with Crippen molar-refractivity contribution in [2.24, 2.45) is 0 Å². The molecule has 0 saturated carbocycles. The molecule has 4 heteroatoms. The van der Waals surface area contributed by atoms with E-state index in [4.69, 9.17) is 0 Å². The van der Waals surface area contributed by atoms with Gasteiger partial charge in [-0.15, -0.1) is 0 Å². The van der Waals surface area contributed by atoms with Crippen molar-refractivity contribution in [1.29, 1.82) is 0 Å². The van der Waals surface area contributed by atoms with Crippen molar-refractivity contribution >= 4 is 5.78 Å². The summed E-state index contributed by atoms with van der Waals surface area (Å²) in [5.41, 5.74) is 5.39. The SMILES string of the molecule is Cc1cccc(-c2ncccc2-c2cnc3nccn3c2)c1. The molecule has 0 fully saturated rings. The molecular formula is C18H14N4. The molecule has 0 atom stereocenters. The quantitative estimate of drug-likeness (QED) is 0.563. The average Bonchev–Trinajstić information content (AvgIpc) is 3.02. The fourth-order valence-electron chi connectivity index (χ4n) is 2.62. The van der Waals surface area contributed by atoms with E-state index in [-0.39, 0.29) is 0 Å². The van der Waals surface area contributed by atoms with E-state index in [1.54, 1.807) is 6.20 Å². The van der Waals surface area contributed by atoms with Gasteiger partial charge in [0.15, 0.2) is 0 Å². The predicted molar refractivity (Wildman–Crippen MR) is 86.4 cm³/mol. The third-order valence-corrected chi connectivity index (χ3v) is 3.66. The minimum atomic E-state index is 0.699. The van der Waals surface area contributed by atoms with E-state index in [1.807, 2.05) is 35.3 Å². The Morgan fingerprint density at radius 3 is 2.77 bits per heavy atom. The number of fused-ring (bicyclic) bond motifs is 1. The lowest BCUT2D eigenvalue weighted by Gasteiger charge is -2.09. The van der Waals surface area contributed by atoms with Crippen molar-refractivity contribution in [3.8, 4) is 22.4 Å². The van der Waals surface area contributed by atoms with Crippen LogP contribution in [0.4, 0.5) is 0 Å². The fourth-order valence-corrected chi connectivity index (χ4v) is 2.62. The van der Waals surface area contributed by atoms with Crippen molar-refractivity contribution < 1.29 is 0 Å². The van der Waals surface area contributed by atoms with Gasteiger partial charge < -0.3 is 0 Å². The van der Waals surface area contributed by atoms with E-state index in [1.165, 1.54) is 5.56 Å². The summed E-state index contributed by atoms with van der Waals surface area (Å²) in [6.07, 6.45) is 9.35. The molecular weight excluding hydrogens is 272 g/mol. The maximum absolute atomic E-state index is 4.58. The van der Waals surface area contributed by atoms with Crippen molar-refractivity contribution in [3.63, 3.8) is 0 Å². The molecule has 4 aromatic rings. The first-order valence-corrected chi connectivity index (χ1v) is 7.12. The molecule has 0 radical (unpaired) electrons. The van der Waals surface area contributed by atoms with Crippen LogP contribution in [0.2, 0.25) is 0 Å². The van der Waals surface area contributed by atoms with Gasteiger partial charge in [0.2, 0.25) is 5.78 Å². The first kappa shape index (κ1) is 12.7. The highest BCUT2D eigenvalue weighted by atomic mass is 15.1. The lowest BCUT2D eigenvalue weighted by atomic mass is 10.0. The lowest BCUT2D eigenvalue weighted by Crippen LogP contribution is -1.93. The molecule has 4 rings (SSSR count). The van der Waals surface area contributed by atoms with Crippen LogP contribution < -0.4 is 0 Å². The van der Waals surface area contributed by atoms with Crippen molar-refractivity contribution in [2.45, 2.75) is 6.92 Å². The fraction of sp³-hybridized carbons (Fsp3) is 0.0556. The molecule has 0 amide bonds. The number of aromatic nitrogens is 4. The average molecular weight is 286 g/mol. The number of hydrogen-bond donors (Lipinski definition) is 0. The molecule has 0 saturated heterocycles. The molecule has 3 aromatic heterocycles. The van der Waals surface area contributed by atoms with Gasteiger partial charge in [-0.3, -0.25) is 9.38 Å². The molecule has 0 spiro atoms. The van der Waals surface area contributed by atoms with Gasteiger partial charge >= 0.3 is 0 Å². The van der Waals surface area contributed by atoms with Crippen molar-refractivity contribution in [2.75, 3.05) is 0 Å². The van der Waals surface area contributed by atoms with Gasteiger partial charge in [0, 0.05) is 47.7 Å². The lowest BCUT2D eigenvalue weighted by molar-refractivity contribution is 1.11. The Morgan fingerprint density at radius 1 is 0.909 bits per heavy atom. The van der Waals surface area contributed by atoms with Crippen LogP contribution in [0.3, 0.4) is 0 Å². The molecule has 1 aromatic carbocycles. The minimum absolute atomic E-state index is 0.699. The maximum Gasteiger partial charge on any atom is 0.233 e. The summed E-state index contributed by atoms with van der Waals surface area (Å²) < 4.78 is 1.92. The number of rotatable bonds is 2. The third kappa shape index (κ3) is 2.15. The summed E-state index contributed by atoms with van der Waals surface area (Å²) in [5, 5.41) is 0. The Bertz CT molecular complexity index is 956. The van der Waals surface area contributed by atoms with Crippen molar-refractivity contribution in [1.82, 2.24) is 19.4 Å². The second-order valence-electron chi connectivity index (χ2n) is 5.25. The molecule has 22 heavy (non-hydrogen) atoms. The molecule has 0 aliphatic carbocycles. The predicted octanol–water partition coefficient (Wildman–Crippen LogP) is 3.77. The zero-order valence-electron chi connectivity index (χ0n) is 12.1. The van der Waals surface area contributed by atoms with Crippen LogP contribution in [-0.2, 0) is 0 Å². The maximum atomic E-state index is 4.58. The first-order valence-electron chi connectivity index (χ1n) is 7.12. The summed E-state index contributed by atoms with van der Waals surface area (Å²) in [6.45, 7) is 2.09. The monoisotopic (exact) mass is 286 g/mol. The van der Waals surface area contributed by atoms with Gasteiger partial charge in [0.1, 0.15) is 0 Å². The zero-order valence-corrected chi connectivity index (χ0v) is 12.1. The summed E-state index contributed by atoms with van der Waals surface area (Å²) in [7, 11) is 0. The molecule has 0 N–H and O–H groups in total. The Labute approximate surface area is 128 Å². The van der Waals surface area contributed by atoms with E-state index < -0.39 is 0 Å². The summed E-state index contributed by atoms with van der Waals surface area (Å²) in [5.74, 6) is 0.699. The van der Waals surface area contributed by atoms with Gasteiger partial charge in [0.25, 0.3) is 0 Å². The van der Waals surface area contributed by atoms with E-state index in [0.29, 0.717) is 5.78 Å². The largest absolute Gasteiger partial charge is 0.291 e. The molecule has 0 aliphatic heterocycles. The van der Waals surface area contributed by atoms with E-state index in [9.17, 15) is 0 Å². The van der Waals surface area contributed by atoms with Crippen LogP contribution in [0.1, 0.15) is 5.56 Å². The summed E-state index contributed by atoms with van der Waals surface area (Å²) >= 11 is 0. The highest BCUT2D eigenvalue weighted by Gasteiger charge is 2.10. The van der Waals surface area contributed by atoms with E-state index >= 15 is 0 Å².